The van der Waals surface area contributed by atoms with Gasteiger partial charge < -0.3 is 4.90 Å². The molecule has 1 atom stereocenters. The van der Waals surface area contributed by atoms with Gasteiger partial charge in [0.2, 0.25) is 0 Å². The lowest BCUT2D eigenvalue weighted by Gasteiger charge is -2.28. The molecule has 0 N–H and O–H groups in total. The fraction of sp³-hybridized carbons (Fsp3) is 0.538. The number of nitriles is 1. The van der Waals surface area contributed by atoms with Crippen LogP contribution in [0.2, 0.25) is 0 Å². The van der Waals surface area contributed by atoms with Crippen LogP contribution >= 0.6 is 0 Å². The Balaban J connectivity index is 2.88. The molecule has 1 heterocycles. The van der Waals surface area contributed by atoms with Crippen molar-refractivity contribution in [1.29, 1.82) is 5.26 Å². The fourth-order valence-corrected chi connectivity index (χ4v) is 1.84. The van der Waals surface area contributed by atoms with Crippen LogP contribution in [0.5, 0.6) is 0 Å². The molecule has 0 fully saturated rings. The number of anilines is 1. The summed E-state index contributed by atoms with van der Waals surface area (Å²) in [6, 6.07) is 4.37. The van der Waals surface area contributed by atoms with Crippen LogP contribution in [0.4, 0.5) is 5.69 Å². The average molecular weight is 217 g/mol. The predicted molar refractivity (Wildman–Crippen MR) is 66.3 cm³/mol. The molecule has 0 aliphatic rings. The molecule has 0 aromatic carbocycles. The number of hydrogen-bond donors (Lipinski definition) is 0. The summed E-state index contributed by atoms with van der Waals surface area (Å²) in [4.78, 5) is 6.21. The first kappa shape index (κ1) is 12.5. The van der Waals surface area contributed by atoms with E-state index in [9.17, 15) is 0 Å². The van der Waals surface area contributed by atoms with Gasteiger partial charge in [0, 0.05) is 19.3 Å². The maximum Gasteiger partial charge on any atom is 0.101 e. The van der Waals surface area contributed by atoms with E-state index in [1.807, 2.05) is 7.05 Å². The molecule has 1 unspecified atom stereocenters. The molecule has 1 aromatic rings. The van der Waals surface area contributed by atoms with Crippen molar-refractivity contribution in [1.82, 2.24) is 4.98 Å². The third-order valence-corrected chi connectivity index (χ3v) is 2.77. The normalized spacial score (nSPS) is 12.2. The van der Waals surface area contributed by atoms with Gasteiger partial charge in [-0.25, -0.2) is 0 Å². The van der Waals surface area contributed by atoms with Crippen LogP contribution in [0.25, 0.3) is 0 Å². The molecule has 0 saturated carbocycles. The zero-order valence-corrected chi connectivity index (χ0v) is 10.4. The van der Waals surface area contributed by atoms with E-state index >= 15 is 0 Å². The second-order valence-electron chi connectivity index (χ2n) is 4.59. The number of hydrogen-bond acceptors (Lipinski definition) is 3. The lowest BCUT2D eigenvalue weighted by molar-refractivity contribution is 0.504. The van der Waals surface area contributed by atoms with Gasteiger partial charge in [-0.15, -0.1) is 0 Å². The highest BCUT2D eigenvalue weighted by Crippen LogP contribution is 2.21. The Morgan fingerprint density at radius 1 is 1.44 bits per heavy atom. The van der Waals surface area contributed by atoms with E-state index in [0.29, 0.717) is 17.5 Å². The number of rotatable bonds is 4. The fourth-order valence-electron chi connectivity index (χ4n) is 1.84. The van der Waals surface area contributed by atoms with Crippen LogP contribution in [0.1, 0.15) is 32.8 Å². The minimum Gasteiger partial charge on any atom is -0.370 e. The molecule has 0 saturated heterocycles. The molecule has 0 aliphatic heterocycles. The Labute approximate surface area is 97.7 Å². The van der Waals surface area contributed by atoms with E-state index in [1.165, 1.54) is 0 Å². The Kier molecular flexibility index (Phi) is 4.30. The Bertz CT molecular complexity index is 379. The zero-order chi connectivity index (χ0) is 12.1. The smallest absolute Gasteiger partial charge is 0.101 e. The summed E-state index contributed by atoms with van der Waals surface area (Å²) in [6.45, 7) is 6.59. The maximum atomic E-state index is 9.03. The van der Waals surface area contributed by atoms with Gasteiger partial charge in [0.25, 0.3) is 0 Å². The molecule has 3 heteroatoms. The molecule has 86 valence electrons. The Morgan fingerprint density at radius 3 is 2.69 bits per heavy atom. The van der Waals surface area contributed by atoms with Gasteiger partial charge in [0.15, 0.2) is 0 Å². The van der Waals surface area contributed by atoms with E-state index in [2.05, 4.69) is 36.7 Å². The van der Waals surface area contributed by atoms with Crippen LogP contribution in [-0.4, -0.2) is 18.1 Å². The highest BCUT2D eigenvalue weighted by atomic mass is 15.1. The quantitative estimate of drug-likeness (QED) is 0.778. The first-order chi connectivity index (χ1) is 7.56. The standard InChI is InChI=1S/C13H19N3/c1-10(2)7-11(3)16(4)13-9-15-6-5-12(13)8-14/h5-6,9-11H,7H2,1-4H3. The molecular formula is C13H19N3. The van der Waals surface area contributed by atoms with Crippen molar-refractivity contribution in [2.75, 3.05) is 11.9 Å². The van der Waals surface area contributed by atoms with Crippen molar-refractivity contribution in [2.24, 2.45) is 5.92 Å². The van der Waals surface area contributed by atoms with Crippen molar-refractivity contribution >= 4 is 5.69 Å². The molecule has 3 nitrogen and oxygen atoms in total. The largest absolute Gasteiger partial charge is 0.370 e. The second kappa shape index (κ2) is 5.50. The van der Waals surface area contributed by atoms with Gasteiger partial charge >= 0.3 is 0 Å². The van der Waals surface area contributed by atoms with Gasteiger partial charge in [-0.2, -0.15) is 5.26 Å². The summed E-state index contributed by atoms with van der Waals surface area (Å²) < 4.78 is 0. The van der Waals surface area contributed by atoms with Crippen LogP contribution < -0.4 is 4.90 Å². The predicted octanol–water partition coefficient (Wildman–Crippen LogP) is 2.82. The summed E-state index contributed by atoms with van der Waals surface area (Å²) in [5.74, 6) is 0.652. The van der Waals surface area contributed by atoms with Gasteiger partial charge in [-0.05, 0) is 25.3 Å². The van der Waals surface area contributed by atoms with Gasteiger partial charge in [0.05, 0.1) is 17.4 Å². The van der Waals surface area contributed by atoms with E-state index < -0.39 is 0 Å². The summed E-state index contributed by atoms with van der Waals surface area (Å²) >= 11 is 0. The molecule has 16 heavy (non-hydrogen) atoms. The second-order valence-corrected chi connectivity index (χ2v) is 4.59. The van der Waals surface area contributed by atoms with Gasteiger partial charge in [0.1, 0.15) is 6.07 Å². The molecule has 1 aromatic heterocycles. The van der Waals surface area contributed by atoms with Crippen molar-refractivity contribution in [3.63, 3.8) is 0 Å². The molecule has 0 amide bonds. The van der Waals surface area contributed by atoms with Crippen molar-refractivity contribution < 1.29 is 0 Å². The minimum absolute atomic E-state index is 0.413. The van der Waals surface area contributed by atoms with Crippen LogP contribution in [-0.2, 0) is 0 Å². The monoisotopic (exact) mass is 217 g/mol. The lowest BCUT2D eigenvalue weighted by atomic mass is 10.0. The van der Waals surface area contributed by atoms with Crippen LogP contribution in [0, 0.1) is 17.2 Å². The van der Waals surface area contributed by atoms with Gasteiger partial charge in [-0.3, -0.25) is 4.98 Å². The van der Waals surface area contributed by atoms with Crippen LogP contribution in [0.3, 0.4) is 0 Å². The third kappa shape index (κ3) is 2.96. The average Bonchev–Trinajstić information content (AvgIpc) is 2.27. The van der Waals surface area contributed by atoms with Crippen molar-refractivity contribution in [3.05, 3.63) is 24.0 Å². The summed E-state index contributed by atoms with van der Waals surface area (Å²) in [5.41, 5.74) is 1.60. The molecular weight excluding hydrogens is 198 g/mol. The molecule has 1 rings (SSSR count). The highest BCUT2D eigenvalue weighted by molar-refractivity contribution is 5.57. The summed E-state index contributed by atoms with van der Waals surface area (Å²) in [7, 11) is 2.02. The maximum absolute atomic E-state index is 9.03. The third-order valence-electron chi connectivity index (χ3n) is 2.77. The van der Waals surface area contributed by atoms with Gasteiger partial charge in [-0.1, -0.05) is 13.8 Å². The lowest BCUT2D eigenvalue weighted by Crippen LogP contribution is -2.30. The molecule has 0 aliphatic carbocycles. The van der Waals surface area contributed by atoms with E-state index in [-0.39, 0.29) is 0 Å². The molecule has 0 bridgehead atoms. The number of aromatic nitrogens is 1. The molecule has 0 radical (unpaired) electrons. The van der Waals surface area contributed by atoms with Crippen molar-refractivity contribution in [3.8, 4) is 6.07 Å². The highest BCUT2D eigenvalue weighted by Gasteiger charge is 2.14. The Hall–Kier alpha value is -1.56. The summed E-state index contributed by atoms with van der Waals surface area (Å²) in [5, 5.41) is 9.03. The van der Waals surface area contributed by atoms with E-state index in [4.69, 9.17) is 5.26 Å². The number of nitrogens with zero attached hydrogens (tertiary/aromatic N) is 3. The topological polar surface area (TPSA) is 39.9 Å². The number of pyridine rings is 1. The van der Waals surface area contributed by atoms with E-state index in [0.717, 1.165) is 12.1 Å². The minimum atomic E-state index is 0.413. The first-order valence-corrected chi connectivity index (χ1v) is 5.63. The first-order valence-electron chi connectivity index (χ1n) is 5.63. The van der Waals surface area contributed by atoms with Crippen LogP contribution in [0.15, 0.2) is 18.5 Å². The SMILES string of the molecule is CC(C)CC(C)N(C)c1cnccc1C#N. The van der Waals surface area contributed by atoms with Crippen molar-refractivity contribution in [2.45, 2.75) is 33.2 Å². The molecule has 0 spiro atoms. The zero-order valence-electron chi connectivity index (χ0n) is 10.4. The van der Waals surface area contributed by atoms with E-state index in [1.54, 1.807) is 18.5 Å². The summed E-state index contributed by atoms with van der Waals surface area (Å²) in [6.07, 6.45) is 4.52. The Morgan fingerprint density at radius 2 is 2.12 bits per heavy atom.